The minimum absolute atomic E-state index is 0.0482. The molecular weight excluding hydrogens is 360 g/mol. The smallest absolute Gasteiger partial charge is 0.236 e. The fourth-order valence-corrected chi connectivity index (χ4v) is 3.52. The average Bonchev–Trinajstić information content (AvgIpc) is 2.93. The van der Waals surface area contributed by atoms with E-state index in [1.165, 1.54) is 24.3 Å². The molecule has 0 radical (unpaired) electrons. The van der Waals surface area contributed by atoms with Crippen molar-refractivity contribution in [2.24, 2.45) is 0 Å². The van der Waals surface area contributed by atoms with Gasteiger partial charge in [0.2, 0.25) is 5.91 Å². The lowest BCUT2D eigenvalue weighted by atomic mass is 10.1. The molecule has 0 aromatic heterocycles. The van der Waals surface area contributed by atoms with Crippen molar-refractivity contribution in [3.05, 3.63) is 65.7 Å². The van der Waals surface area contributed by atoms with Gasteiger partial charge in [0, 0.05) is 38.9 Å². The summed E-state index contributed by atoms with van der Waals surface area (Å²) < 4.78 is 26.3. The van der Waals surface area contributed by atoms with E-state index < -0.39 is 0 Å². The lowest BCUT2D eigenvalue weighted by Crippen LogP contribution is -2.41. The molecule has 6 heteroatoms. The van der Waals surface area contributed by atoms with Crippen LogP contribution in [0.1, 0.15) is 24.9 Å². The molecule has 1 fully saturated rings. The predicted molar refractivity (Wildman–Crippen MR) is 107 cm³/mol. The molecule has 2 aromatic rings. The predicted octanol–water partition coefficient (Wildman–Crippen LogP) is 3.70. The van der Waals surface area contributed by atoms with Gasteiger partial charge in [0.1, 0.15) is 11.6 Å². The highest BCUT2D eigenvalue weighted by Crippen LogP contribution is 2.20. The van der Waals surface area contributed by atoms with Crippen molar-refractivity contribution in [3.63, 3.8) is 0 Å². The maximum atomic E-state index is 13.1. The zero-order valence-corrected chi connectivity index (χ0v) is 16.4. The number of carbonyl (C=O) groups excluding carboxylic acids is 1. The van der Waals surface area contributed by atoms with Crippen LogP contribution in [0.25, 0.3) is 0 Å². The highest BCUT2D eigenvalue weighted by molar-refractivity contribution is 5.78. The molecule has 1 heterocycles. The summed E-state index contributed by atoms with van der Waals surface area (Å²) in [6.07, 6.45) is 0.946. The minimum atomic E-state index is -0.278. The van der Waals surface area contributed by atoms with Crippen LogP contribution in [-0.2, 0) is 4.79 Å². The number of nitrogens with zero attached hydrogens (tertiary/aromatic N) is 3. The van der Waals surface area contributed by atoms with E-state index in [4.69, 9.17) is 0 Å². The number of anilines is 1. The van der Waals surface area contributed by atoms with Gasteiger partial charge in [-0.3, -0.25) is 9.69 Å². The first-order valence-electron chi connectivity index (χ1n) is 9.68. The molecule has 1 atom stereocenters. The number of hydrogen-bond donors (Lipinski definition) is 0. The van der Waals surface area contributed by atoms with Gasteiger partial charge in [0.25, 0.3) is 0 Å². The van der Waals surface area contributed by atoms with E-state index in [1.807, 2.05) is 6.92 Å². The van der Waals surface area contributed by atoms with Gasteiger partial charge in [-0.2, -0.15) is 0 Å². The summed E-state index contributed by atoms with van der Waals surface area (Å²) in [7, 11) is 1.79. The van der Waals surface area contributed by atoms with Gasteiger partial charge in [-0.1, -0.05) is 12.1 Å². The number of hydrogen-bond acceptors (Lipinski definition) is 3. The van der Waals surface area contributed by atoms with E-state index in [1.54, 1.807) is 36.2 Å². The van der Waals surface area contributed by atoms with Crippen molar-refractivity contribution in [2.75, 3.05) is 44.7 Å². The molecule has 0 spiro atoms. The molecule has 1 saturated heterocycles. The average molecular weight is 387 g/mol. The topological polar surface area (TPSA) is 26.8 Å². The number of benzene rings is 2. The Morgan fingerprint density at radius 2 is 1.57 bits per heavy atom. The fraction of sp³-hybridized carbons (Fsp3) is 0.409. The minimum Gasteiger partial charge on any atom is -0.370 e. The third-order valence-corrected chi connectivity index (χ3v) is 5.47. The van der Waals surface area contributed by atoms with Gasteiger partial charge >= 0.3 is 0 Å². The first kappa shape index (κ1) is 20.3. The van der Waals surface area contributed by atoms with Crippen LogP contribution in [0.15, 0.2) is 48.5 Å². The van der Waals surface area contributed by atoms with Crippen LogP contribution in [0, 0.1) is 11.6 Å². The summed E-state index contributed by atoms with van der Waals surface area (Å²) in [6.45, 7) is 5.63. The Bertz CT molecular complexity index is 779. The number of amides is 1. The summed E-state index contributed by atoms with van der Waals surface area (Å²) in [5.41, 5.74) is 1.92. The van der Waals surface area contributed by atoms with Crippen molar-refractivity contribution >= 4 is 11.6 Å². The number of likely N-dealkylation sites (N-methyl/N-ethyl adjacent to an activating group) is 1. The quantitative estimate of drug-likeness (QED) is 0.783. The molecular formula is C22H27F2N3O. The van der Waals surface area contributed by atoms with Crippen LogP contribution in [0.3, 0.4) is 0 Å². The Kier molecular flexibility index (Phi) is 6.62. The van der Waals surface area contributed by atoms with E-state index in [9.17, 15) is 13.6 Å². The standard InChI is InChI=1S/C22H27F2N3O/c1-17(18-4-6-19(23)7-5-18)25(2)22(28)16-26-12-3-13-27(15-14-26)21-10-8-20(24)9-11-21/h4-11,17H,3,12-16H2,1-2H3. The third kappa shape index (κ3) is 5.07. The summed E-state index contributed by atoms with van der Waals surface area (Å²) in [5, 5.41) is 0. The van der Waals surface area contributed by atoms with Gasteiger partial charge in [-0.25, -0.2) is 8.78 Å². The number of rotatable bonds is 5. The summed E-state index contributed by atoms with van der Waals surface area (Å²) in [5.74, 6) is -0.462. The lowest BCUT2D eigenvalue weighted by molar-refractivity contribution is -0.133. The van der Waals surface area contributed by atoms with Crippen LogP contribution in [0.4, 0.5) is 14.5 Å². The second-order valence-corrected chi connectivity index (χ2v) is 7.33. The molecule has 0 N–H and O–H groups in total. The molecule has 3 rings (SSSR count). The summed E-state index contributed by atoms with van der Waals surface area (Å²) in [4.78, 5) is 18.9. The largest absolute Gasteiger partial charge is 0.370 e. The molecule has 2 aromatic carbocycles. The van der Waals surface area contributed by atoms with Gasteiger partial charge in [-0.05, 0) is 55.3 Å². The summed E-state index contributed by atoms with van der Waals surface area (Å²) >= 11 is 0. The van der Waals surface area contributed by atoms with E-state index in [0.717, 1.165) is 43.9 Å². The molecule has 0 bridgehead atoms. The Balaban J connectivity index is 1.55. The van der Waals surface area contributed by atoms with Gasteiger partial charge in [0.05, 0.1) is 12.6 Å². The number of carbonyl (C=O) groups is 1. The highest BCUT2D eigenvalue weighted by atomic mass is 19.1. The second-order valence-electron chi connectivity index (χ2n) is 7.33. The van der Waals surface area contributed by atoms with Crippen LogP contribution in [0.5, 0.6) is 0 Å². The Morgan fingerprint density at radius 3 is 2.21 bits per heavy atom. The van der Waals surface area contributed by atoms with E-state index in [2.05, 4.69) is 9.80 Å². The molecule has 0 saturated carbocycles. The van der Waals surface area contributed by atoms with E-state index in [-0.39, 0.29) is 23.6 Å². The van der Waals surface area contributed by atoms with Gasteiger partial charge < -0.3 is 9.80 Å². The van der Waals surface area contributed by atoms with E-state index >= 15 is 0 Å². The first-order chi connectivity index (χ1) is 13.4. The monoisotopic (exact) mass is 387 g/mol. The maximum Gasteiger partial charge on any atom is 0.236 e. The maximum absolute atomic E-state index is 13.1. The van der Waals surface area contributed by atoms with Crippen LogP contribution >= 0.6 is 0 Å². The Hall–Kier alpha value is -2.47. The molecule has 1 unspecified atom stereocenters. The Morgan fingerprint density at radius 1 is 0.964 bits per heavy atom. The molecule has 1 aliphatic heterocycles. The third-order valence-electron chi connectivity index (χ3n) is 5.47. The molecule has 150 valence electrons. The summed E-state index contributed by atoms with van der Waals surface area (Å²) in [6, 6.07) is 12.7. The van der Waals surface area contributed by atoms with Gasteiger partial charge in [0.15, 0.2) is 0 Å². The molecule has 4 nitrogen and oxygen atoms in total. The highest BCUT2D eigenvalue weighted by Gasteiger charge is 2.22. The normalized spacial score (nSPS) is 16.5. The fourth-order valence-electron chi connectivity index (χ4n) is 3.52. The first-order valence-corrected chi connectivity index (χ1v) is 9.68. The lowest BCUT2D eigenvalue weighted by Gasteiger charge is -2.28. The Labute approximate surface area is 165 Å². The molecule has 1 amide bonds. The molecule has 28 heavy (non-hydrogen) atoms. The van der Waals surface area contributed by atoms with Crippen LogP contribution in [0.2, 0.25) is 0 Å². The molecule has 0 aliphatic carbocycles. The van der Waals surface area contributed by atoms with Crippen LogP contribution < -0.4 is 4.90 Å². The second kappa shape index (κ2) is 9.15. The SMILES string of the molecule is CC(c1ccc(F)cc1)N(C)C(=O)CN1CCCN(c2ccc(F)cc2)CC1. The van der Waals surface area contributed by atoms with E-state index in [0.29, 0.717) is 6.54 Å². The van der Waals surface area contributed by atoms with Crippen molar-refractivity contribution in [3.8, 4) is 0 Å². The number of halogens is 2. The zero-order chi connectivity index (χ0) is 20.1. The van der Waals surface area contributed by atoms with Crippen molar-refractivity contribution in [2.45, 2.75) is 19.4 Å². The van der Waals surface area contributed by atoms with Crippen molar-refractivity contribution in [1.29, 1.82) is 0 Å². The van der Waals surface area contributed by atoms with Crippen molar-refractivity contribution in [1.82, 2.24) is 9.80 Å². The molecule has 1 aliphatic rings. The van der Waals surface area contributed by atoms with Crippen LogP contribution in [-0.4, -0.2) is 55.5 Å². The van der Waals surface area contributed by atoms with Gasteiger partial charge in [-0.15, -0.1) is 0 Å². The zero-order valence-electron chi connectivity index (χ0n) is 16.4. The van der Waals surface area contributed by atoms with Crippen molar-refractivity contribution < 1.29 is 13.6 Å².